The highest BCUT2D eigenvalue weighted by molar-refractivity contribution is 7.13. The Morgan fingerprint density at radius 3 is 2.74 bits per heavy atom. The number of carbonyl (C=O) groups excluding carboxylic acids is 1. The fraction of sp³-hybridized carbons (Fsp3) is 0.105. The van der Waals surface area contributed by atoms with Gasteiger partial charge in [-0.05, 0) is 41.8 Å². The molecule has 3 aromatic heterocycles. The molecular weight excluding hydrogens is 364 g/mol. The third kappa shape index (κ3) is 3.22. The lowest BCUT2D eigenvalue weighted by molar-refractivity contribution is 0.102. The van der Waals surface area contributed by atoms with Crippen LogP contribution in [0.5, 0.6) is 11.5 Å². The van der Waals surface area contributed by atoms with Crippen LogP contribution in [0.3, 0.4) is 0 Å². The summed E-state index contributed by atoms with van der Waals surface area (Å²) < 4.78 is 12.2. The molecule has 7 nitrogen and oxygen atoms in total. The maximum atomic E-state index is 12.5. The summed E-state index contributed by atoms with van der Waals surface area (Å²) in [5, 5.41) is 9.18. The predicted octanol–water partition coefficient (Wildman–Crippen LogP) is 3.73. The van der Waals surface area contributed by atoms with Gasteiger partial charge in [-0.1, -0.05) is 12.1 Å². The number of nitrogens with one attached hydrogen (secondary N) is 1. The van der Waals surface area contributed by atoms with Crippen LogP contribution in [0.25, 0.3) is 16.2 Å². The number of carbonyl (C=O) groups is 1. The second kappa shape index (κ2) is 7.08. The fourth-order valence-corrected chi connectivity index (χ4v) is 3.44. The fourth-order valence-electron chi connectivity index (χ4n) is 2.70. The molecule has 4 rings (SSSR count). The average molecular weight is 380 g/mol. The van der Waals surface area contributed by atoms with Crippen molar-refractivity contribution in [1.29, 1.82) is 0 Å². The number of benzene rings is 1. The predicted molar refractivity (Wildman–Crippen MR) is 104 cm³/mol. The van der Waals surface area contributed by atoms with Crippen molar-refractivity contribution >= 4 is 28.8 Å². The van der Waals surface area contributed by atoms with Crippen molar-refractivity contribution in [2.24, 2.45) is 0 Å². The van der Waals surface area contributed by atoms with Crippen molar-refractivity contribution in [3.8, 4) is 22.1 Å². The molecule has 0 aliphatic carbocycles. The number of hydrogen-bond acceptors (Lipinski definition) is 6. The molecule has 0 aliphatic heterocycles. The van der Waals surface area contributed by atoms with Gasteiger partial charge in [0, 0.05) is 5.56 Å². The maximum absolute atomic E-state index is 12.5. The van der Waals surface area contributed by atoms with Crippen LogP contribution < -0.4 is 14.8 Å². The number of fused-ring (bicyclic) bond motifs is 1. The normalized spacial score (nSPS) is 10.7. The van der Waals surface area contributed by atoms with Crippen LogP contribution in [0, 0.1) is 0 Å². The van der Waals surface area contributed by atoms with Gasteiger partial charge in [-0.25, -0.2) is 4.52 Å². The Labute approximate surface area is 159 Å². The number of amides is 1. The third-order valence-electron chi connectivity index (χ3n) is 4.00. The van der Waals surface area contributed by atoms with Crippen molar-refractivity contribution in [3.63, 3.8) is 0 Å². The van der Waals surface area contributed by atoms with Crippen molar-refractivity contribution in [1.82, 2.24) is 14.6 Å². The Kier molecular flexibility index (Phi) is 4.47. The SMILES string of the molecule is COc1cccc(C(=O)Nc2nc3c(OC)ccc(-c4cccs4)n3n2)c1. The molecule has 0 saturated carbocycles. The summed E-state index contributed by atoms with van der Waals surface area (Å²) in [4.78, 5) is 18.0. The first-order valence-corrected chi connectivity index (χ1v) is 9.00. The molecule has 0 bridgehead atoms. The van der Waals surface area contributed by atoms with Gasteiger partial charge in [0.2, 0.25) is 5.95 Å². The molecular formula is C19H16N4O3S. The summed E-state index contributed by atoms with van der Waals surface area (Å²) in [6.07, 6.45) is 0. The van der Waals surface area contributed by atoms with Gasteiger partial charge >= 0.3 is 0 Å². The molecule has 0 fully saturated rings. The van der Waals surface area contributed by atoms with Crippen LogP contribution in [-0.2, 0) is 0 Å². The summed E-state index contributed by atoms with van der Waals surface area (Å²) in [5.74, 6) is 1.06. The first-order valence-electron chi connectivity index (χ1n) is 8.12. The zero-order valence-electron chi connectivity index (χ0n) is 14.7. The summed E-state index contributed by atoms with van der Waals surface area (Å²) in [6, 6.07) is 14.6. The number of ether oxygens (including phenoxy) is 2. The minimum absolute atomic E-state index is 0.199. The van der Waals surface area contributed by atoms with E-state index in [-0.39, 0.29) is 11.9 Å². The molecule has 0 atom stereocenters. The number of hydrogen-bond donors (Lipinski definition) is 1. The second-order valence-electron chi connectivity index (χ2n) is 5.62. The highest BCUT2D eigenvalue weighted by Crippen LogP contribution is 2.29. The molecule has 0 spiro atoms. The molecule has 0 unspecified atom stereocenters. The van der Waals surface area contributed by atoms with Gasteiger partial charge in [-0.3, -0.25) is 10.1 Å². The van der Waals surface area contributed by atoms with E-state index in [4.69, 9.17) is 9.47 Å². The highest BCUT2D eigenvalue weighted by atomic mass is 32.1. The van der Waals surface area contributed by atoms with Crippen LogP contribution >= 0.6 is 11.3 Å². The molecule has 0 radical (unpaired) electrons. The van der Waals surface area contributed by atoms with E-state index in [2.05, 4.69) is 15.4 Å². The summed E-state index contributed by atoms with van der Waals surface area (Å²) >= 11 is 1.60. The number of rotatable bonds is 5. The Bertz CT molecular complexity index is 1110. The number of aromatic nitrogens is 3. The van der Waals surface area contributed by atoms with Gasteiger partial charge < -0.3 is 9.47 Å². The van der Waals surface area contributed by atoms with Crippen molar-refractivity contribution in [2.75, 3.05) is 19.5 Å². The van der Waals surface area contributed by atoms with Crippen LogP contribution in [-0.4, -0.2) is 34.7 Å². The number of thiophene rings is 1. The number of anilines is 1. The van der Waals surface area contributed by atoms with E-state index in [9.17, 15) is 4.79 Å². The van der Waals surface area contributed by atoms with Gasteiger partial charge in [-0.2, -0.15) is 4.98 Å². The van der Waals surface area contributed by atoms with Gasteiger partial charge in [0.25, 0.3) is 5.91 Å². The number of pyridine rings is 1. The Hall–Kier alpha value is -3.39. The van der Waals surface area contributed by atoms with Gasteiger partial charge in [0.05, 0.1) is 24.8 Å². The van der Waals surface area contributed by atoms with Crippen molar-refractivity contribution in [2.45, 2.75) is 0 Å². The van der Waals surface area contributed by atoms with Crippen LogP contribution in [0.4, 0.5) is 5.95 Å². The third-order valence-corrected chi connectivity index (χ3v) is 4.89. The molecule has 1 amide bonds. The lowest BCUT2D eigenvalue weighted by Crippen LogP contribution is -2.13. The molecule has 136 valence electrons. The topological polar surface area (TPSA) is 77.8 Å². The Morgan fingerprint density at radius 1 is 1.11 bits per heavy atom. The maximum Gasteiger partial charge on any atom is 0.258 e. The summed E-state index contributed by atoms with van der Waals surface area (Å²) in [7, 11) is 3.13. The van der Waals surface area contributed by atoms with E-state index in [0.717, 1.165) is 10.6 Å². The summed E-state index contributed by atoms with van der Waals surface area (Å²) in [5.41, 5.74) is 1.86. The standard InChI is InChI=1S/C19H16N4O3S/c1-25-13-6-3-5-12(11-13)18(24)21-19-20-17-15(26-2)9-8-14(23(17)22-19)16-7-4-10-27-16/h3-11H,1-2H3,(H,21,22,24). The minimum Gasteiger partial charge on any atom is -0.497 e. The number of methoxy groups -OCH3 is 2. The largest absolute Gasteiger partial charge is 0.497 e. The molecule has 27 heavy (non-hydrogen) atoms. The zero-order chi connectivity index (χ0) is 18.8. The van der Waals surface area contributed by atoms with Crippen LogP contribution in [0.15, 0.2) is 53.9 Å². The Balaban J connectivity index is 1.72. The highest BCUT2D eigenvalue weighted by Gasteiger charge is 2.16. The molecule has 1 aromatic carbocycles. The van der Waals surface area contributed by atoms with E-state index in [0.29, 0.717) is 22.7 Å². The van der Waals surface area contributed by atoms with E-state index in [1.807, 2.05) is 29.6 Å². The average Bonchev–Trinajstić information content (AvgIpc) is 3.37. The molecule has 0 aliphatic rings. The molecule has 0 saturated heterocycles. The smallest absolute Gasteiger partial charge is 0.258 e. The lowest BCUT2D eigenvalue weighted by atomic mass is 10.2. The van der Waals surface area contributed by atoms with E-state index >= 15 is 0 Å². The Morgan fingerprint density at radius 2 is 2.00 bits per heavy atom. The molecule has 1 N–H and O–H groups in total. The first-order chi connectivity index (χ1) is 13.2. The van der Waals surface area contributed by atoms with Crippen molar-refractivity contribution < 1.29 is 14.3 Å². The van der Waals surface area contributed by atoms with Gasteiger partial charge in [0.1, 0.15) is 5.75 Å². The zero-order valence-corrected chi connectivity index (χ0v) is 15.5. The van der Waals surface area contributed by atoms with Crippen LogP contribution in [0.1, 0.15) is 10.4 Å². The van der Waals surface area contributed by atoms with Gasteiger partial charge in [-0.15, -0.1) is 16.4 Å². The van der Waals surface area contributed by atoms with Gasteiger partial charge in [0.15, 0.2) is 11.4 Å². The quantitative estimate of drug-likeness (QED) is 0.571. The molecule has 3 heterocycles. The monoisotopic (exact) mass is 380 g/mol. The lowest BCUT2D eigenvalue weighted by Gasteiger charge is -2.05. The first kappa shape index (κ1) is 17.0. The number of nitrogens with zero attached hydrogens (tertiary/aromatic N) is 3. The van der Waals surface area contributed by atoms with E-state index in [1.165, 1.54) is 0 Å². The molecule has 8 heteroatoms. The summed E-state index contributed by atoms with van der Waals surface area (Å²) in [6.45, 7) is 0. The molecule has 4 aromatic rings. The van der Waals surface area contributed by atoms with E-state index in [1.54, 1.807) is 54.3 Å². The van der Waals surface area contributed by atoms with Crippen LogP contribution in [0.2, 0.25) is 0 Å². The van der Waals surface area contributed by atoms with E-state index < -0.39 is 0 Å². The minimum atomic E-state index is -0.318. The second-order valence-corrected chi connectivity index (χ2v) is 6.57. The van der Waals surface area contributed by atoms with Crippen molar-refractivity contribution in [3.05, 3.63) is 59.5 Å².